The van der Waals surface area contributed by atoms with Crippen molar-refractivity contribution in [1.82, 2.24) is 14.7 Å². The summed E-state index contributed by atoms with van der Waals surface area (Å²) in [5, 5.41) is 7.84. The van der Waals surface area contributed by atoms with Gasteiger partial charge in [-0.2, -0.15) is 0 Å². The lowest BCUT2D eigenvalue weighted by Crippen LogP contribution is -2.30. The van der Waals surface area contributed by atoms with Crippen LogP contribution in [-0.4, -0.2) is 22.0 Å². The molecule has 26 heavy (non-hydrogen) atoms. The second-order valence-corrected chi connectivity index (χ2v) is 6.75. The van der Waals surface area contributed by atoms with E-state index in [1.807, 2.05) is 64.6 Å². The van der Waals surface area contributed by atoms with Crippen LogP contribution in [0.4, 0.5) is 10.5 Å². The summed E-state index contributed by atoms with van der Waals surface area (Å²) in [7, 11) is 0. The van der Waals surface area contributed by atoms with E-state index in [0.29, 0.717) is 6.54 Å². The summed E-state index contributed by atoms with van der Waals surface area (Å²) < 4.78 is 1.98. The third-order valence-corrected chi connectivity index (χ3v) is 4.86. The van der Waals surface area contributed by atoms with E-state index in [1.54, 1.807) is 11.3 Å². The molecule has 2 heterocycles. The van der Waals surface area contributed by atoms with Crippen molar-refractivity contribution in [3.05, 3.63) is 77.9 Å². The van der Waals surface area contributed by atoms with Crippen LogP contribution in [0.1, 0.15) is 5.56 Å². The number of imidazole rings is 1. The number of fused-ring (bicyclic) bond motifs is 1. The number of para-hydroxylation sites is 1. The molecule has 6 heteroatoms. The fourth-order valence-corrected chi connectivity index (χ4v) is 3.50. The van der Waals surface area contributed by atoms with Crippen molar-refractivity contribution in [3.63, 3.8) is 0 Å². The van der Waals surface area contributed by atoms with Crippen molar-refractivity contribution in [1.29, 1.82) is 0 Å². The number of hydrogen-bond donors (Lipinski definition) is 2. The van der Waals surface area contributed by atoms with Crippen LogP contribution in [0.3, 0.4) is 0 Å². The van der Waals surface area contributed by atoms with Gasteiger partial charge in [0.15, 0.2) is 4.96 Å². The third-order valence-electron chi connectivity index (χ3n) is 4.09. The van der Waals surface area contributed by atoms with Gasteiger partial charge in [-0.1, -0.05) is 48.5 Å². The van der Waals surface area contributed by atoms with E-state index in [-0.39, 0.29) is 6.03 Å². The van der Waals surface area contributed by atoms with Crippen LogP contribution in [0.2, 0.25) is 0 Å². The molecular formula is C20H18N4OS. The Kier molecular flexibility index (Phi) is 4.66. The zero-order valence-electron chi connectivity index (χ0n) is 14.1. The summed E-state index contributed by atoms with van der Waals surface area (Å²) in [4.78, 5) is 17.8. The van der Waals surface area contributed by atoms with Crippen LogP contribution in [0.15, 0.2) is 72.4 Å². The second-order valence-electron chi connectivity index (χ2n) is 5.88. The first-order valence-corrected chi connectivity index (χ1v) is 9.28. The van der Waals surface area contributed by atoms with Gasteiger partial charge in [0.25, 0.3) is 0 Å². The van der Waals surface area contributed by atoms with Crippen LogP contribution in [-0.2, 0) is 6.42 Å². The maximum Gasteiger partial charge on any atom is 0.319 e. The molecule has 4 aromatic rings. The van der Waals surface area contributed by atoms with Gasteiger partial charge in [0.1, 0.15) is 0 Å². The first kappa shape index (κ1) is 16.4. The number of anilines is 1. The summed E-state index contributed by atoms with van der Waals surface area (Å²) in [5.74, 6) is 0. The number of amides is 2. The molecule has 2 amide bonds. The number of nitrogens with one attached hydrogen (secondary N) is 2. The molecule has 0 spiro atoms. The second kappa shape index (κ2) is 7.41. The van der Waals surface area contributed by atoms with Crippen LogP contribution in [0.5, 0.6) is 0 Å². The Balaban J connectivity index is 1.43. The molecule has 130 valence electrons. The highest BCUT2D eigenvalue weighted by Crippen LogP contribution is 2.28. The van der Waals surface area contributed by atoms with E-state index in [1.165, 1.54) is 5.56 Å². The topological polar surface area (TPSA) is 58.4 Å². The van der Waals surface area contributed by atoms with Crippen molar-refractivity contribution in [3.8, 4) is 11.3 Å². The number of aromatic nitrogens is 2. The predicted molar refractivity (Wildman–Crippen MR) is 106 cm³/mol. The minimum Gasteiger partial charge on any atom is -0.338 e. The van der Waals surface area contributed by atoms with E-state index in [9.17, 15) is 4.79 Å². The molecule has 2 aromatic carbocycles. The van der Waals surface area contributed by atoms with Crippen LogP contribution < -0.4 is 10.6 Å². The lowest BCUT2D eigenvalue weighted by molar-refractivity contribution is 0.252. The molecule has 0 saturated carbocycles. The minimum atomic E-state index is -0.214. The molecule has 2 aromatic heterocycles. The average molecular weight is 362 g/mol. The zero-order chi connectivity index (χ0) is 17.8. The van der Waals surface area contributed by atoms with Gasteiger partial charge >= 0.3 is 6.03 Å². The van der Waals surface area contributed by atoms with Gasteiger partial charge in [-0.05, 0) is 18.1 Å². The summed E-state index contributed by atoms with van der Waals surface area (Å²) in [6, 6.07) is 17.6. The van der Waals surface area contributed by atoms with E-state index < -0.39 is 0 Å². The summed E-state index contributed by atoms with van der Waals surface area (Å²) in [6.45, 7) is 0.582. The van der Waals surface area contributed by atoms with Crippen molar-refractivity contribution in [2.24, 2.45) is 0 Å². The van der Waals surface area contributed by atoms with E-state index in [0.717, 1.165) is 28.3 Å². The number of urea groups is 1. The number of carbonyl (C=O) groups excluding carboxylic acids is 1. The van der Waals surface area contributed by atoms with Gasteiger partial charge in [0, 0.05) is 29.9 Å². The summed E-state index contributed by atoms with van der Waals surface area (Å²) in [5.41, 5.74) is 3.69. The normalized spacial score (nSPS) is 10.8. The molecule has 0 fully saturated rings. The predicted octanol–water partition coefficient (Wildman–Crippen LogP) is 4.43. The average Bonchev–Trinajstić information content (AvgIpc) is 3.25. The van der Waals surface area contributed by atoms with Crippen molar-refractivity contribution in [2.45, 2.75) is 6.42 Å². The Hall–Kier alpha value is -3.12. The molecule has 0 bridgehead atoms. The highest BCUT2D eigenvalue weighted by atomic mass is 32.1. The molecule has 0 aliphatic rings. The van der Waals surface area contributed by atoms with Gasteiger partial charge in [0.2, 0.25) is 0 Å². The van der Waals surface area contributed by atoms with Gasteiger partial charge in [0.05, 0.1) is 11.4 Å². The van der Waals surface area contributed by atoms with Crippen molar-refractivity contribution < 1.29 is 4.79 Å². The Morgan fingerprint density at radius 2 is 1.88 bits per heavy atom. The van der Waals surface area contributed by atoms with Crippen LogP contribution in [0, 0.1) is 0 Å². The molecular weight excluding hydrogens is 344 g/mol. The molecule has 2 N–H and O–H groups in total. The Labute approximate surface area is 155 Å². The van der Waals surface area contributed by atoms with Gasteiger partial charge < -0.3 is 10.6 Å². The number of nitrogens with zero attached hydrogens (tertiary/aromatic N) is 2. The highest BCUT2D eigenvalue weighted by Gasteiger charge is 2.11. The smallest absolute Gasteiger partial charge is 0.319 e. The molecule has 4 rings (SSSR count). The first-order valence-electron chi connectivity index (χ1n) is 8.40. The molecule has 0 atom stereocenters. The lowest BCUT2D eigenvalue weighted by atomic mass is 10.1. The standard InChI is InChI=1S/C20H18N4OS/c25-19(21-11-10-15-6-2-1-3-7-15)22-17-9-5-4-8-16(17)18-14-24-12-13-26-20(24)23-18/h1-9,12-14H,10-11H2,(H2,21,22,25). The molecule has 0 unspecified atom stereocenters. The minimum absolute atomic E-state index is 0.214. The fraction of sp³-hybridized carbons (Fsp3) is 0.100. The largest absolute Gasteiger partial charge is 0.338 e. The zero-order valence-corrected chi connectivity index (χ0v) is 14.9. The van der Waals surface area contributed by atoms with Gasteiger partial charge in [-0.15, -0.1) is 11.3 Å². The van der Waals surface area contributed by atoms with E-state index in [2.05, 4.69) is 27.8 Å². The summed E-state index contributed by atoms with van der Waals surface area (Å²) >= 11 is 1.58. The van der Waals surface area contributed by atoms with Gasteiger partial charge in [-0.3, -0.25) is 4.40 Å². The SMILES string of the molecule is O=C(NCCc1ccccc1)Nc1ccccc1-c1cn2ccsc2n1. The van der Waals surface area contributed by atoms with E-state index in [4.69, 9.17) is 0 Å². The molecule has 0 aliphatic carbocycles. The van der Waals surface area contributed by atoms with Crippen molar-refractivity contribution >= 4 is 28.0 Å². The quantitative estimate of drug-likeness (QED) is 0.552. The van der Waals surface area contributed by atoms with Crippen molar-refractivity contribution in [2.75, 3.05) is 11.9 Å². The van der Waals surface area contributed by atoms with Crippen LogP contribution in [0.25, 0.3) is 16.2 Å². The highest BCUT2D eigenvalue weighted by molar-refractivity contribution is 7.15. The molecule has 5 nitrogen and oxygen atoms in total. The third kappa shape index (κ3) is 3.60. The lowest BCUT2D eigenvalue weighted by Gasteiger charge is -2.11. The molecule has 0 aliphatic heterocycles. The number of rotatable bonds is 5. The number of hydrogen-bond acceptors (Lipinski definition) is 3. The fourth-order valence-electron chi connectivity index (χ4n) is 2.80. The molecule has 0 saturated heterocycles. The van der Waals surface area contributed by atoms with Crippen LogP contribution >= 0.6 is 11.3 Å². The number of thiazole rings is 1. The summed E-state index contributed by atoms with van der Waals surface area (Å²) in [6.07, 6.45) is 4.75. The maximum atomic E-state index is 12.3. The molecule has 0 radical (unpaired) electrons. The van der Waals surface area contributed by atoms with E-state index >= 15 is 0 Å². The Morgan fingerprint density at radius 1 is 1.08 bits per heavy atom. The monoisotopic (exact) mass is 362 g/mol. The van der Waals surface area contributed by atoms with Gasteiger partial charge in [-0.25, -0.2) is 9.78 Å². The number of benzene rings is 2. The Morgan fingerprint density at radius 3 is 2.73 bits per heavy atom. The maximum absolute atomic E-state index is 12.3. The Bertz CT molecular complexity index is 994. The number of carbonyl (C=O) groups is 1. The first-order chi connectivity index (χ1) is 12.8.